The van der Waals surface area contributed by atoms with E-state index < -0.39 is 5.97 Å². The van der Waals surface area contributed by atoms with E-state index in [1.54, 1.807) is 6.92 Å². The lowest BCUT2D eigenvalue weighted by Crippen LogP contribution is -2.10. The first-order valence-corrected chi connectivity index (χ1v) is 8.25. The van der Waals surface area contributed by atoms with Crippen molar-refractivity contribution in [2.45, 2.75) is 37.5 Å². The van der Waals surface area contributed by atoms with Gasteiger partial charge in [0.25, 0.3) is 0 Å². The van der Waals surface area contributed by atoms with Crippen molar-refractivity contribution in [2.75, 3.05) is 0 Å². The Morgan fingerprint density at radius 2 is 2.14 bits per heavy atom. The van der Waals surface area contributed by atoms with E-state index in [0.29, 0.717) is 32.3 Å². The highest BCUT2D eigenvalue weighted by molar-refractivity contribution is 7.98. The minimum Gasteiger partial charge on any atom is -0.478 e. The monoisotopic (exact) mass is 344 g/mol. The summed E-state index contributed by atoms with van der Waals surface area (Å²) in [5.74, 6) is 0.134. The number of aryl methyl sites for hydroxylation is 1. The van der Waals surface area contributed by atoms with Crippen molar-refractivity contribution in [3.05, 3.63) is 27.1 Å². The molecule has 0 fully saturated rings. The first kappa shape index (κ1) is 16.1. The van der Waals surface area contributed by atoms with Crippen LogP contribution in [0.2, 0.25) is 4.34 Å². The van der Waals surface area contributed by atoms with Crippen LogP contribution >= 0.6 is 34.9 Å². The van der Waals surface area contributed by atoms with Gasteiger partial charge in [-0.3, -0.25) is 0 Å². The van der Waals surface area contributed by atoms with Crippen molar-refractivity contribution in [2.24, 2.45) is 0 Å². The molecule has 1 N–H and O–H groups in total. The van der Waals surface area contributed by atoms with Crippen LogP contribution < -0.4 is 0 Å². The van der Waals surface area contributed by atoms with Gasteiger partial charge in [-0.15, -0.1) is 5.10 Å². The van der Waals surface area contributed by atoms with Crippen LogP contribution in [-0.4, -0.2) is 30.6 Å². The summed E-state index contributed by atoms with van der Waals surface area (Å²) in [6, 6.07) is 0. The number of hydrogen-bond acceptors (Lipinski definition) is 7. The molecule has 0 aromatic carbocycles. The molecule has 9 heteroatoms. The Hall–Kier alpha value is -1.25. The molecule has 2 rings (SSSR count). The summed E-state index contributed by atoms with van der Waals surface area (Å²) in [7, 11) is 0. The number of carboxylic acids is 1. The smallest absolute Gasteiger partial charge is 0.340 e. The van der Waals surface area contributed by atoms with Crippen LogP contribution in [0.4, 0.5) is 0 Å². The summed E-state index contributed by atoms with van der Waals surface area (Å²) in [6.07, 6.45) is 0. The highest BCUT2D eigenvalue weighted by Gasteiger charge is 2.20. The normalized spacial score (nSPS) is 11.1. The van der Waals surface area contributed by atoms with E-state index in [4.69, 9.17) is 11.6 Å². The van der Waals surface area contributed by atoms with Crippen LogP contribution in [0.3, 0.4) is 0 Å². The molecule has 0 saturated carbocycles. The Morgan fingerprint density at radius 1 is 1.43 bits per heavy atom. The van der Waals surface area contributed by atoms with Crippen molar-refractivity contribution in [3.63, 3.8) is 0 Å². The molecular weight excluding hydrogens is 332 g/mol. The molecule has 0 aliphatic rings. The number of hydrogen-bond donors (Lipinski definition) is 1. The van der Waals surface area contributed by atoms with Gasteiger partial charge in [0.05, 0.1) is 5.69 Å². The molecule has 2 heterocycles. The van der Waals surface area contributed by atoms with Gasteiger partial charge in [0.1, 0.15) is 26.4 Å². The van der Waals surface area contributed by atoms with E-state index in [0.717, 1.165) is 11.5 Å². The molecule has 0 amide bonds. The largest absolute Gasteiger partial charge is 0.478 e. The lowest BCUT2D eigenvalue weighted by atomic mass is 10.2. The summed E-state index contributed by atoms with van der Waals surface area (Å²) < 4.78 is 4.26. The van der Waals surface area contributed by atoms with E-state index in [9.17, 15) is 9.90 Å². The first-order valence-electron chi connectivity index (χ1n) is 6.11. The lowest BCUT2D eigenvalue weighted by Gasteiger charge is -2.11. The number of aromatic carboxylic acids is 1. The van der Waals surface area contributed by atoms with Gasteiger partial charge in [-0.25, -0.2) is 14.8 Å². The predicted molar refractivity (Wildman–Crippen MR) is 82.3 cm³/mol. The van der Waals surface area contributed by atoms with E-state index in [1.807, 2.05) is 13.8 Å². The van der Waals surface area contributed by atoms with Gasteiger partial charge in [-0.2, -0.15) is 0 Å². The van der Waals surface area contributed by atoms with Crippen LogP contribution in [0.5, 0.6) is 0 Å². The third-order valence-electron chi connectivity index (χ3n) is 2.66. The Kier molecular flexibility index (Phi) is 5.13. The average Bonchev–Trinajstić information content (AvgIpc) is 2.80. The molecule has 0 spiro atoms. The van der Waals surface area contributed by atoms with Crippen molar-refractivity contribution in [1.29, 1.82) is 0 Å². The van der Waals surface area contributed by atoms with E-state index >= 15 is 0 Å². The second kappa shape index (κ2) is 6.67. The highest BCUT2D eigenvalue weighted by Crippen LogP contribution is 2.30. The zero-order valence-corrected chi connectivity index (χ0v) is 14.0. The SMILES string of the molecule is Cc1nc(C(C)C)nc(SCc2nnsc2Cl)c1C(=O)O. The maximum atomic E-state index is 11.4. The Labute approximate surface area is 135 Å². The Bertz CT molecular complexity index is 675. The molecule has 0 bridgehead atoms. The zero-order chi connectivity index (χ0) is 15.6. The molecule has 0 aliphatic heterocycles. The molecule has 0 unspecified atom stereocenters. The number of carbonyl (C=O) groups is 1. The summed E-state index contributed by atoms with van der Waals surface area (Å²) in [4.78, 5) is 20.0. The number of thioether (sulfide) groups is 1. The minimum atomic E-state index is -1.03. The lowest BCUT2D eigenvalue weighted by molar-refractivity contribution is 0.0690. The van der Waals surface area contributed by atoms with Crippen LogP contribution in [0, 0.1) is 6.92 Å². The van der Waals surface area contributed by atoms with Crippen LogP contribution in [0.1, 0.15) is 47.3 Å². The second-order valence-electron chi connectivity index (χ2n) is 4.59. The number of rotatable bonds is 5. The van der Waals surface area contributed by atoms with E-state index in [2.05, 4.69) is 19.6 Å². The second-order valence-corrected chi connectivity index (χ2v) is 6.91. The van der Waals surface area contributed by atoms with Gasteiger partial charge >= 0.3 is 5.97 Å². The topological polar surface area (TPSA) is 88.9 Å². The Morgan fingerprint density at radius 3 is 2.67 bits per heavy atom. The molecular formula is C12H13ClN4O2S2. The molecule has 112 valence electrons. The van der Waals surface area contributed by atoms with Gasteiger partial charge in [0, 0.05) is 23.2 Å². The maximum Gasteiger partial charge on any atom is 0.340 e. The van der Waals surface area contributed by atoms with Crippen LogP contribution in [0.25, 0.3) is 0 Å². The van der Waals surface area contributed by atoms with Crippen LogP contribution in [0.15, 0.2) is 5.03 Å². The third kappa shape index (κ3) is 3.69. The zero-order valence-electron chi connectivity index (χ0n) is 11.6. The molecule has 0 saturated heterocycles. The fourth-order valence-corrected chi connectivity index (χ4v) is 3.41. The fraction of sp³-hybridized carbons (Fsp3) is 0.417. The Balaban J connectivity index is 2.35. The molecule has 21 heavy (non-hydrogen) atoms. The summed E-state index contributed by atoms with van der Waals surface area (Å²) >= 11 is 8.34. The van der Waals surface area contributed by atoms with Crippen molar-refractivity contribution in [3.8, 4) is 0 Å². The highest BCUT2D eigenvalue weighted by atomic mass is 35.5. The van der Waals surface area contributed by atoms with Crippen molar-refractivity contribution < 1.29 is 9.90 Å². The van der Waals surface area contributed by atoms with E-state index in [-0.39, 0.29) is 11.5 Å². The molecule has 6 nitrogen and oxygen atoms in total. The molecule has 0 atom stereocenters. The van der Waals surface area contributed by atoms with Crippen molar-refractivity contribution >= 4 is 40.9 Å². The number of nitrogens with zero attached hydrogens (tertiary/aromatic N) is 4. The third-order valence-corrected chi connectivity index (χ3v) is 4.63. The maximum absolute atomic E-state index is 11.4. The van der Waals surface area contributed by atoms with Gasteiger partial charge in [-0.1, -0.05) is 41.7 Å². The standard InChI is InChI=1S/C12H13ClN4O2S2/c1-5(2)10-14-6(3)8(12(18)19)11(15-10)20-4-7-9(13)21-17-16-7/h5H,4H2,1-3H3,(H,18,19). The van der Waals surface area contributed by atoms with Crippen LogP contribution in [-0.2, 0) is 5.75 Å². The fourth-order valence-electron chi connectivity index (χ4n) is 1.60. The van der Waals surface area contributed by atoms with Gasteiger partial charge in [0.15, 0.2) is 0 Å². The minimum absolute atomic E-state index is 0.121. The summed E-state index contributed by atoms with van der Waals surface area (Å²) in [6.45, 7) is 5.61. The van der Waals surface area contributed by atoms with Gasteiger partial charge in [0.2, 0.25) is 0 Å². The number of aromatic nitrogens is 4. The molecule has 0 aliphatic carbocycles. The number of carboxylic acid groups (broad SMARTS) is 1. The first-order chi connectivity index (χ1) is 9.90. The molecule has 2 aromatic rings. The van der Waals surface area contributed by atoms with Crippen molar-refractivity contribution in [1.82, 2.24) is 19.6 Å². The quantitative estimate of drug-likeness (QED) is 0.656. The van der Waals surface area contributed by atoms with E-state index in [1.165, 1.54) is 11.8 Å². The average molecular weight is 345 g/mol. The van der Waals surface area contributed by atoms with Gasteiger partial charge < -0.3 is 5.11 Å². The summed E-state index contributed by atoms with van der Waals surface area (Å²) in [5, 5.41) is 13.7. The molecule has 0 radical (unpaired) electrons. The molecule has 2 aromatic heterocycles. The summed E-state index contributed by atoms with van der Waals surface area (Å²) in [5.41, 5.74) is 1.22. The van der Waals surface area contributed by atoms with Gasteiger partial charge in [-0.05, 0) is 6.92 Å². The number of halogens is 1. The predicted octanol–water partition coefficient (Wildman–Crippen LogP) is 3.40.